The third-order valence-corrected chi connectivity index (χ3v) is 12.0. The fourth-order valence-electron chi connectivity index (χ4n) is 7.45. The van der Waals surface area contributed by atoms with Crippen LogP contribution in [0, 0.1) is 35.4 Å². The van der Waals surface area contributed by atoms with Crippen molar-refractivity contribution in [3.05, 3.63) is 163 Å². The maximum atomic E-state index is 13.2. The molecule has 7 aromatic rings. The Morgan fingerprint density at radius 3 is 1.85 bits per heavy atom. The van der Waals surface area contributed by atoms with Gasteiger partial charge in [-0.3, -0.25) is 65.7 Å². The summed E-state index contributed by atoms with van der Waals surface area (Å²) in [4.78, 5) is 90.6. The van der Waals surface area contributed by atoms with Gasteiger partial charge in [0.05, 0.1) is 36.5 Å². The predicted molar refractivity (Wildman–Crippen MR) is 281 cm³/mol. The third kappa shape index (κ3) is 19.9. The van der Waals surface area contributed by atoms with E-state index in [4.69, 9.17) is 4.74 Å². The number of hydrogen-bond acceptors (Lipinski definition) is 13. The van der Waals surface area contributed by atoms with Crippen LogP contribution in [0.4, 0.5) is 23.2 Å². The van der Waals surface area contributed by atoms with E-state index in [2.05, 4.69) is 53.3 Å². The van der Waals surface area contributed by atoms with Gasteiger partial charge >= 0.3 is 0 Å². The Hall–Kier alpha value is -8.22. The molecule has 19 nitrogen and oxygen atoms in total. The molecule has 0 spiro atoms. The van der Waals surface area contributed by atoms with Gasteiger partial charge in [-0.2, -0.15) is 8.42 Å². The zero-order valence-electron chi connectivity index (χ0n) is 42.3. The molecule has 0 aliphatic carbocycles. The van der Waals surface area contributed by atoms with E-state index in [1.807, 2.05) is 24.3 Å². The maximum absolute atomic E-state index is 13.2. The van der Waals surface area contributed by atoms with Crippen LogP contribution in [0.25, 0.3) is 44.3 Å². The molecule has 0 saturated heterocycles. The number of pyridine rings is 4. The minimum atomic E-state index is -4.63. The van der Waals surface area contributed by atoms with E-state index in [0.717, 1.165) is 34.6 Å². The first-order valence-electron chi connectivity index (χ1n) is 24.3. The predicted octanol–water partition coefficient (Wildman–Crippen LogP) is 6.26. The van der Waals surface area contributed by atoms with Crippen LogP contribution < -0.4 is 21.3 Å². The van der Waals surface area contributed by atoms with Crippen molar-refractivity contribution in [1.82, 2.24) is 40.8 Å². The van der Waals surface area contributed by atoms with Crippen molar-refractivity contribution in [2.75, 3.05) is 43.9 Å². The molecule has 1 unspecified atom stereocenters. The van der Waals surface area contributed by atoms with Crippen LogP contribution in [-0.4, -0.2) is 118 Å². The number of imide groups is 1. The summed E-state index contributed by atoms with van der Waals surface area (Å²) in [6.07, 6.45) is 9.44. The van der Waals surface area contributed by atoms with Crippen LogP contribution in [0.5, 0.6) is 0 Å². The smallest absolute Gasteiger partial charge is 0.267 e. The van der Waals surface area contributed by atoms with Gasteiger partial charge in [-0.05, 0) is 61.0 Å². The van der Waals surface area contributed by atoms with Crippen LogP contribution in [0.15, 0.2) is 128 Å². The molecule has 3 aromatic carbocycles. The Kier molecular flexibility index (Phi) is 24.6. The van der Waals surface area contributed by atoms with Gasteiger partial charge in [-0.15, -0.1) is 24.3 Å². The van der Waals surface area contributed by atoms with Crippen molar-refractivity contribution >= 4 is 73.1 Å². The number of ether oxygens (including phenoxy) is 1. The van der Waals surface area contributed by atoms with E-state index in [-0.39, 0.29) is 102 Å². The van der Waals surface area contributed by atoms with Crippen LogP contribution >= 0.6 is 0 Å². The second-order valence-corrected chi connectivity index (χ2v) is 18.5. The second kappa shape index (κ2) is 31.4. The van der Waals surface area contributed by atoms with Crippen molar-refractivity contribution in [1.29, 1.82) is 0 Å². The van der Waals surface area contributed by atoms with Crippen LogP contribution in [-0.2, 0) is 63.7 Å². The Morgan fingerprint density at radius 2 is 1.25 bits per heavy atom. The zero-order chi connectivity index (χ0) is 56.7. The quantitative estimate of drug-likeness (QED) is 0.0125. The molecular formula is C55H51F4IrN9O10S-2. The Bertz CT molecular complexity index is 3320. The third-order valence-electron chi connectivity index (χ3n) is 11.2. The topological polar surface area (TPSA) is 269 Å². The number of nitrogens with one attached hydrogen (secondary N) is 4. The molecule has 421 valence electrons. The number of anilines is 1. The molecule has 1 radical (unpaired) electrons. The number of rotatable bonds is 22. The molecule has 5 heterocycles. The summed E-state index contributed by atoms with van der Waals surface area (Å²) in [5.41, 5.74) is 3.12. The number of unbranched alkanes of at least 4 members (excludes halogenated alkanes) is 1. The molecule has 1 atom stereocenters. The number of hydrogen-bond donors (Lipinski definition) is 5. The SMILES string of the molecule is Fc1c[c-]c(-c2ccccn2)c(F)c1.Fc1c[c-]c(-c2ccccn2)c(F)c1.O=C(CCCCNC(=O)C(CS(=O)(=O)O)NC(=O)CCCC(=O)Nc1ccnc2c1ccc1cccnc12)NCCOCCN1C(=O)C=CC1=O.[Ir]. The van der Waals surface area contributed by atoms with Gasteiger partial charge in [-0.1, -0.05) is 59.7 Å². The number of halogens is 4. The minimum Gasteiger partial charge on any atom is -0.378 e. The molecule has 0 bridgehead atoms. The van der Waals surface area contributed by atoms with Crippen molar-refractivity contribution in [3.8, 4) is 22.5 Å². The first-order valence-corrected chi connectivity index (χ1v) is 26.0. The average molecular weight is 1300 g/mol. The van der Waals surface area contributed by atoms with E-state index in [1.54, 1.807) is 67.3 Å². The number of carbonyl (C=O) groups excluding carboxylic acids is 6. The van der Waals surface area contributed by atoms with Gasteiger partial charge < -0.3 is 36.0 Å². The van der Waals surface area contributed by atoms with Crippen molar-refractivity contribution in [3.63, 3.8) is 0 Å². The molecule has 80 heavy (non-hydrogen) atoms. The molecule has 6 amide bonds. The molecule has 4 aromatic heterocycles. The molecule has 0 fully saturated rings. The number of carbonyl (C=O) groups is 6. The zero-order valence-corrected chi connectivity index (χ0v) is 45.5. The number of amides is 6. The van der Waals surface area contributed by atoms with Crippen molar-refractivity contribution < 1.29 is 84.1 Å². The van der Waals surface area contributed by atoms with Crippen molar-refractivity contribution in [2.24, 2.45) is 0 Å². The van der Waals surface area contributed by atoms with Gasteiger partial charge in [0.1, 0.15) is 11.8 Å². The molecule has 5 N–H and O–H groups in total. The fourth-order valence-corrected chi connectivity index (χ4v) is 8.11. The molecule has 0 saturated carbocycles. The van der Waals surface area contributed by atoms with Crippen LogP contribution in [0.2, 0.25) is 0 Å². The average Bonchev–Trinajstić information content (AvgIpc) is 3.77. The number of benzene rings is 3. The molecular weight excluding hydrogens is 1250 g/mol. The molecule has 25 heteroatoms. The summed E-state index contributed by atoms with van der Waals surface area (Å²) in [6, 6.07) is 26.6. The van der Waals surface area contributed by atoms with Gasteiger partial charge in [-0.25, -0.2) is 0 Å². The molecule has 1 aliphatic rings. The van der Waals surface area contributed by atoms with Gasteiger partial charge in [0.15, 0.2) is 0 Å². The largest absolute Gasteiger partial charge is 0.378 e. The summed E-state index contributed by atoms with van der Waals surface area (Å²) in [5.74, 6) is -6.56. The molecule has 8 rings (SSSR count). The second-order valence-electron chi connectivity index (χ2n) is 17.0. The summed E-state index contributed by atoms with van der Waals surface area (Å²) < 4.78 is 89.3. The monoisotopic (exact) mass is 1300 g/mol. The fraction of sp³-hybridized carbons (Fsp3) is 0.236. The van der Waals surface area contributed by atoms with E-state index in [9.17, 15) is 59.3 Å². The number of aromatic nitrogens is 4. The molecule has 1 aliphatic heterocycles. The first-order chi connectivity index (χ1) is 37.9. The van der Waals surface area contributed by atoms with Gasteiger partial charge in [0.25, 0.3) is 21.9 Å². The number of nitrogens with zero attached hydrogens (tertiary/aromatic N) is 5. The van der Waals surface area contributed by atoms with Crippen LogP contribution in [0.3, 0.4) is 0 Å². The Balaban J connectivity index is 0.000000324. The summed E-state index contributed by atoms with van der Waals surface area (Å²) in [5, 5.41) is 11.9. The normalized spacial score (nSPS) is 12.1. The summed E-state index contributed by atoms with van der Waals surface area (Å²) >= 11 is 0. The van der Waals surface area contributed by atoms with Crippen molar-refractivity contribution in [2.45, 2.75) is 44.6 Å². The van der Waals surface area contributed by atoms with Gasteiger partial charge in [0, 0.05) is 123 Å². The van der Waals surface area contributed by atoms with Crippen LogP contribution in [0.1, 0.15) is 38.5 Å². The Morgan fingerprint density at radius 1 is 0.650 bits per heavy atom. The first kappa shape index (κ1) is 62.6. The maximum Gasteiger partial charge on any atom is 0.267 e. The van der Waals surface area contributed by atoms with E-state index in [1.165, 1.54) is 12.2 Å². The van der Waals surface area contributed by atoms with E-state index < -0.39 is 68.8 Å². The Labute approximate surface area is 470 Å². The van der Waals surface area contributed by atoms with E-state index >= 15 is 0 Å². The number of fused-ring (bicyclic) bond motifs is 3. The summed E-state index contributed by atoms with van der Waals surface area (Å²) in [6.45, 7) is 0.714. The standard InChI is InChI=1S/C33H39N7O10S.2C11H6F2N.Ir/c41-26(34-17-19-50-20-18-40-29(44)11-12-30(40)45)6-1-2-14-37-33(46)25(21-51(47,48)49)39-28(43)8-3-7-27(42)38-24-13-16-36-32-23(24)10-9-22-5-4-15-35-31(22)32;2*12-8-4-5-9(10(13)7-8)11-3-1-2-6-14-11;/h4-5,9-13,15-16,25H,1-3,6-8,14,17-21H2,(H,34,41)(H,37,46)(H,39,43)(H,36,38,42)(H,47,48,49);2*1-4,6-7H;/q;2*-1;. The van der Waals surface area contributed by atoms with E-state index in [0.29, 0.717) is 46.3 Å². The minimum absolute atomic E-state index is 0. The van der Waals surface area contributed by atoms with Gasteiger partial charge in [0.2, 0.25) is 23.6 Å². The summed E-state index contributed by atoms with van der Waals surface area (Å²) in [7, 11) is -4.63.